The molecule has 3 amide bonds. The predicted molar refractivity (Wildman–Crippen MR) is 187 cm³/mol. The molecule has 1 N–H and O–H groups in total. The molecule has 0 aromatic heterocycles. The molecule has 2 aliphatic rings. The molecule has 2 atom stereocenters. The summed E-state index contributed by atoms with van der Waals surface area (Å²) in [5, 5.41) is 2.79. The number of hydrogen-bond acceptors (Lipinski definition) is 8. The summed E-state index contributed by atoms with van der Waals surface area (Å²) < 4.78 is 16.4. The van der Waals surface area contributed by atoms with E-state index in [-0.39, 0.29) is 37.4 Å². The molecule has 6 rings (SSSR count). The van der Waals surface area contributed by atoms with Gasteiger partial charge in [-0.3, -0.25) is 19.4 Å². The van der Waals surface area contributed by atoms with Crippen molar-refractivity contribution in [1.82, 2.24) is 15.1 Å². The van der Waals surface area contributed by atoms with Crippen LogP contribution in [0.1, 0.15) is 62.8 Å². The maximum atomic E-state index is 14.4. The van der Waals surface area contributed by atoms with Gasteiger partial charge in [0.05, 0.1) is 37.1 Å². The average Bonchev–Trinajstić information content (AvgIpc) is 3.41. The van der Waals surface area contributed by atoms with E-state index in [1.807, 2.05) is 54.6 Å². The molecule has 0 aliphatic carbocycles. The van der Waals surface area contributed by atoms with Gasteiger partial charge in [0.15, 0.2) is 11.5 Å². The lowest BCUT2D eigenvalue weighted by atomic mass is 10.0. The van der Waals surface area contributed by atoms with Crippen LogP contribution in [0.15, 0.2) is 97.1 Å². The topological polar surface area (TPSA) is 101 Å². The third-order valence-electron chi connectivity index (χ3n) is 9.41. The minimum atomic E-state index is -0.696. The number of carbonyl (C=O) groups excluding carboxylic acids is 3. The molecule has 10 heteroatoms. The molecule has 0 bridgehead atoms. The molecule has 254 valence electrons. The van der Waals surface area contributed by atoms with Crippen molar-refractivity contribution in [3.63, 3.8) is 0 Å². The quantitative estimate of drug-likeness (QED) is 0.178. The number of nitrogens with zero attached hydrogens (tertiary/aromatic N) is 3. The predicted octanol–water partition coefficient (Wildman–Crippen LogP) is 6.24. The summed E-state index contributed by atoms with van der Waals surface area (Å²) in [6.45, 7) is 5.61. The summed E-state index contributed by atoms with van der Waals surface area (Å²) in [4.78, 5) is 47.0. The Morgan fingerprint density at radius 3 is 2.16 bits per heavy atom. The molecule has 2 aliphatic heterocycles. The Kier molecular flexibility index (Phi) is 10.4. The van der Waals surface area contributed by atoms with Crippen molar-refractivity contribution in [1.29, 1.82) is 0 Å². The number of methoxy groups -OCH3 is 2. The Morgan fingerprint density at radius 1 is 0.776 bits per heavy atom. The lowest BCUT2D eigenvalue weighted by molar-refractivity contribution is 0.0574. The molecule has 1 saturated heterocycles. The highest BCUT2D eigenvalue weighted by Gasteiger charge is 2.43. The van der Waals surface area contributed by atoms with Gasteiger partial charge in [-0.25, -0.2) is 4.79 Å². The molecule has 0 spiro atoms. The second kappa shape index (κ2) is 15.3. The lowest BCUT2D eigenvalue weighted by Crippen LogP contribution is -2.47. The number of carbonyl (C=O) groups is 3. The number of alkyl carbamates (subject to hydrolysis) is 1. The Labute approximate surface area is 287 Å². The molecule has 4 aromatic rings. The second-order valence-corrected chi connectivity index (χ2v) is 12.2. The van der Waals surface area contributed by atoms with Crippen LogP contribution in [0.5, 0.6) is 11.5 Å². The molecule has 2 heterocycles. The number of fused-ring (bicyclic) bond motifs is 1. The number of imide groups is 1. The Balaban J connectivity index is 1.21. The van der Waals surface area contributed by atoms with Crippen LogP contribution < -0.4 is 19.7 Å². The number of amides is 3. The fraction of sp³-hybridized carbons (Fsp3) is 0.308. The highest BCUT2D eigenvalue weighted by Crippen LogP contribution is 2.40. The van der Waals surface area contributed by atoms with Gasteiger partial charge in [-0.1, -0.05) is 72.8 Å². The molecular weight excluding hydrogens is 620 g/mol. The van der Waals surface area contributed by atoms with Crippen LogP contribution >= 0.6 is 0 Å². The summed E-state index contributed by atoms with van der Waals surface area (Å²) in [5.41, 5.74) is 4.37. The van der Waals surface area contributed by atoms with E-state index in [4.69, 9.17) is 14.2 Å². The van der Waals surface area contributed by atoms with Crippen LogP contribution in [-0.2, 0) is 11.3 Å². The first-order chi connectivity index (χ1) is 23.9. The van der Waals surface area contributed by atoms with Gasteiger partial charge in [0.2, 0.25) is 0 Å². The number of ether oxygens (including phenoxy) is 3. The SMILES string of the molecule is COc1ccc([C@@H](CCNC(=O)OCc2ccccc2)N2C(=O)c3cccc(N4CCN(C(C)c5ccccc5)CC4)c3C2=O)cc1OC. The first-order valence-corrected chi connectivity index (χ1v) is 16.6. The molecule has 10 nitrogen and oxygen atoms in total. The van der Waals surface area contributed by atoms with Crippen LogP contribution in [0.3, 0.4) is 0 Å². The van der Waals surface area contributed by atoms with Crippen molar-refractivity contribution in [2.45, 2.75) is 32.0 Å². The van der Waals surface area contributed by atoms with Crippen molar-refractivity contribution in [2.75, 3.05) is 51.8 Å². The fourth-order valence-corrected chi connectivity index (χ4v) is 6.71. The molecule has 4 aromatic carbocycles. The molecule has 0 radical (unpaired) electrons. The molecule has 49 heavy (non-hydrogen) atoms. The number of piperazine rings is 1. The van der Waals surface area contributed by atoms with E-state index >= 15 is 0 Å². The van der Waals surface area contributed by atoms with Crippen LogP contribution in [0.2, 0.25) is 0 Å². The Bertz CT molecular complexity index is 1780. The summed E-state index contributed by atoms with van der Waals surface area (Å²) in [6.07, 6.45) is -0.326. The van der Waals surface area contributed by atoms with Gasteiger partial charge in [0.1, 0.15) is 6.61 Å². The standard InChI is InChI=1S/C39H42N4O6/c1-27(29-13-8-5-9-14-29)41-21-23-42(24-22-41)33-16-10-15-31-36(33)38(45)43(37(31)44)32(30-17-18-34(47-2)35(25-30)48-3)19-20-40-39(46)49-26-28-11-6-4-7-12-28/h4-18,25,27,32H,19-24,26H2,1-3H3,(H,40,46)/t27?,32-/m1/s1. The molecular formula is C39H42N4O6. The van der Waals surface area contributed by atoms with Crippen LogP contribution in [-0.4, -0.2) is 74.7 Å². The van der Waals surface area contributed by atoms with Crippen molar-refractivity contribution in [3.05, 3.63) is 125 Å². The van der Waals surface area contributed by atoms with Crippen molar-refractivity contribution >= 4 is 23.6 Å². The third kappa shape index (κ3) is 7.24. The summed E-state index contributed by atoms with van der Waals surface area (Å²) in [7, 11) is 3.09. The normalized spacial score (nSPS) is 15.8. The third-order valence-corrected chi connectivity index (χ3v) is 9.41. The van der Waals surface area contributed by atoms with Gasteiger partial charge >= 0.3 is 6.09 Å². The van der Waals surface area contributed by atoms with Crippen molar-refractivity contribution < 1.29 is 28.6 Å². The van der Waals surface area contributed by atoms with Gasteiger partial charge in [-0.05, 0) is 54.3 Å². The largest absolute Gasteiger partial charge is 0.493 e. The van der Waals surface area contributed by atoms with Crippen LogP contribution in [0.4, 0.5) is 10.5 Å². The second-order valence-electron chi connectivity index (χ2n) is 12.2. The molecule has 0 saturated carbocycles. The van der Waals surface area contributed by atoms with E-state index in [2.05, 4.69) is 46.3 Å². The maximum Gasteiger partial charge on any atom is 0.407 e. The lowest BCUT2D eigenvalue weighted by Gasteiger charge is -2.39. The van der Waals surface area contributed by atoms with Gasteiger partial charge in [-0.2, -0.15) is 0 Å². The highest BCUT2D eigenvalue weighted by molar-refractivity contribution is 6.24. The highest BCUT2D eigenvalue weighted by atomic mass is 16.5. The number of rotatable bonds is 12. The van der Waals surface area contributed by atoms with Gasteiger partial charge in [0.25, 0.3) is 11.8 Å². The number of anilines is 1. The van der Waals surface area contributed by atoms with E-state index in [1.54, 1.807) is 25.3 Å². The van der Waals surface area contributed by atoms with E-state index in [1.165, 1.54) is 17.6 Å². The van der Waals surface area contributed by atoms with Gasteiger partial charge in [0, 0.05) is 38.8 Å². The van der Waals surface area contributed by atoms with Crippen LogP contribution in [0.25, 0.3) is 0 Å². The zero-order valence-corrected chi connectivity index (χ0v) is 28.1. The van der Waals surface area contributed by atoms with Crippen molar-refractivity contribution in [3.8, 4) is 11.5 Å². The zero-order valence-electron chi connectivity index (χ0n) is 28.1. The Morgan fingerprint density at radius 2 is 1.47 bits per heavy atom. The van der Waals surface area contributed by atoms with Crippen molar-refractivity contribution in [2.24, 2.45) is 0 Å². The van der Waals surface area contributed by atoms with Crippen LogP contribution in [0, 0.1) is 0 Å². The minimum absolute atomic E-state index is 0.131. The molecule has 1 fully saturated rings. The Hall–Kier alpha value is -5.35. The van der Waals surface area contributed by atoms with Gasteiger partial charge in [-0.15, -0.1) is 0 Å². The number of nitrogens with one attached hydrogen (secondary N) is 1. The smallest absolute Gasteiger partial charge is 0.407 e. The van der Waals surface area contributed by atoms with E-state index in [0.717, 1.165) is 37.4 Å². The van der Waals surface area contributed by atoms with E-state index in [0.29, 0.717) is 28.2 Å². The summed E-state index contributed by atoms with van der Waals surface area (Å²) in [6, 6.07) is 30.3. The first-order valence-electron chi connectivity index (χ1n) is 16.6. The number of benzene rings is 4. The van der Waals surface area contributed by atoms with Gasteiger partial charge < -0.3 is 24.4 Å². The van der Waals surface area contributed by atoms with E-state index < -0.39 is 12.1 Å². The molecule has 1 unspecified atom stereocenters. The maximum absolute atomic E-state index is 14.4. The average molecular weight is 663 g/mol. The summed E-state index contributed by atoms with van der Waals surface area (Å²) >= 11 is 0. The van der Waals surface area contributed by atoms with E-state index in [9.17, 15) is 14.4 Å². The first kappa shape index (κ1) is 33.5. The minimum Gasteiger partial charge on any atom is -0.493 e. The fourth-order valence-electron chi connectivity index (χ4n) is 6.71. The summed E-state index contributed by atoms with van der Waals surface area (Å²) in [5.74, 6) is 0.268. The number of hydrogen-bond donors (Lipinski definition) is 1. The zero-order chi connectivity index (χ0) is 34.3. The monoisotopic (exact) mass is 662 g/mol.